The van der Waals surface area contributed by atoms with Crippen molar-refractivity contribution >= 4 is 51.6 Å². The van der Waals surface area contributed by atoms with Crippen LogP contribution in [0.25, 0.3) is 0 Å². The van der Waals surface area contributed by atoms with Crippen molar-refractivity contribution in [2.45, 2.75) is 76.4 Å². The SMILES string of the molecule is CCC(Sc1cccc(NC(=O)C2CC2)c1)C(=O)Nc1sc2c(c1C(=O)OC)CCC(C(C)(C)C)C2. The minimum Gasteiger partial charge on any atom is -0.465 e. The summed E-state index contributed by atoms with van der Waals surface area (Å²) in [4.78, 5) is 40.3. The van der Waals surface area contributed by atoms with Gasteiger partial charge in [-0.1, -0.05) is 33.8 Å². The van der Waals surface area contributed by atoms with Crippen LogP contribution in [0.4, 0.5) is 10.7 Å². The smallest absolute Gasteiger partial charge is 0.341 e. The van der Waals surface area contributed by atoms with Crippen LogP contribution in [0.5, 0.6) is 0 Å². The number of carbonyl (C=O) groups is 3. The maximum atomic E-state index is 13.4. The van der Waals surface area contributed by atoms with Crippen molar-refractivity contribution in [3.8, 4) is 0 Å². The third kappa shape index (κ3) is 6.14. The number of anilines is 2. The standard InChI is InChI=1S/C28H36N2O4S2/c1-6-21(35-19-9-7-8-18(15-19)29-24(31)16-10-11-16)25(32)30-26-23(27(33)34-5)20-13-12-17(28(2,3)4)14-22(20)36-26/h7-9,15-17,21H,6,10-14H2,1-5H3,(H,29,31)(H,30,32). The molecule has 0 radical (unpaired) electrons. The number of ether oxygens (including phenoxy) is 1. The minimum absolute atomic E-state index is 0.0626. The molecule has 1 fully saturated rings. The van der Waals surface area contributed by atoms with Crippen molar-refractivity contribution in [2.24, 2.45) is 17.3 Å². The summed E-state index contributed by atoms with van der Waals surface area (Å²) in [5.41, 5.74) is 2.48. The molecule has 2 aliphatic carbocycles. The first-order valence-electron chi connectivity index (χ1n) is 12.7. The van der Waals surface area contributed by atoms with Crippen molar-refractivity contribution in [2.75, 3.05) is 17.7 Å². The number of fused-ring (bicyclic) bond motifs is 1. The monoisotopic (exact) mass is 528 g/mol. The molecule has 2 aliphatic rings. The number of hydrogen-bond acceptors (Lipinski definition) is 6. The largest absolute Gasteiger partial charge is 0.465 e. The topological polar surface area (TPSA) is 84.5 Å². The first-order valence-corrected chi connectivity index (χ1v) is 14.4. The zero-order valence-electron chi connectivity index (χ0n) is 21.7. The van der Waals surface area contributed by atoms with E-state index >= 15 is 0 Å². The number of thiophene rings is 1. The van der Waals surface area contributed by atoms with Crippen molar-refractivity contribution in [1.82, 2.24) is 0 Å². The highest BCUT2D eigenvalue weighted by atomic mass is 32.2. The number of amides is 2. The molecule has 1 heterocycles. The van der Waals surface area contributed by atoms with Gasteiger partial charge in [0.25, 0.3) is 0 Å². The molecule has 6 nitrogen and oxygen atoms in total. The van der Waals surface area contributed by atoms with Gasteiger partial charge in [0.2, 0.25) is 11.8 Å². The van der Waals surface area contributed by atoms with Gasteiger partial charge < -0.3 is 15.4 Å². The molecule has 2 atom stereocenters. The lowest BCUT2D eigenvalue weighted by atomic mass is 9.72. The number of benzene rings is 1. The highest BCUT2D eigenvalue weighted by molar-refractivity contribution is 8.00. The van der Waals surface area contributed by atoms with Gasteiger partial charge in [0.15, 0.2) is 0 Å². The average molecular weight is 529 g/mol. The van der Waals surface area contributed by atoms with Crippen LogP contribution in [0.1, 0.15) is 74.2 Å². The lowest BCUT2D eigenvalue weighted by Gasteiger charge is -2.33. The lowest BCUT2D eigenvalue weighted by Crippen LogP contribution is -2.27. The molecular formula is C28H36N2O4S2. The summed E-state index contributed by atoms with van der Waals surface area (Å²) in [7, 11) is 1.39. The van der Waals surface area contributed by atoms with E-state index in [9.17, 15) is 14.4 Å². The number of rotatable bonds is 8. The second-order valence-electron chi connectivity index (χ2n) is 10.8. The Morgan fingerprint density at radius 1 is 1.17 bits per heavy atom. The average Bonchev–Trinajstić information content (AvgIpc) is 3.63. The summed E-state index contributed by atoms with van der Waals surface area (Å²) in [6.45, 7) is 8.76. The summed E-state index contributed by atoms with van der Waals surface area (Å²) in [6, 6.07) is 7.62. The van der Waals surface area contributed by atoms with E-state index in [1.165, 1.54) is 35.1 Å². The third-order valence-electron chi connectivity index (χ3n) is 7.11. The Morgan fingerprint density at radius 3 is 2.56 bits per heavy atom. The van der Waals surface area contributed by atoms with Crippen LogP contribution in [0.3, 0.4) is 0 Å². The van der Waals surface area contributed by atoms with E-state index in [0.717, 1.165) is 48.3 Å². The molecule has 2 aromatic rings. The van der Waals surface area contributed by atoms with Gasteiger partial charge in [0, 0.05) is 21.4 Å². The molecule has 2 N–H and O–H groups in total. The van der Waals surface area contributed by atoms with Crippen LogP contribution in [-0.2, 0) is 27.2 Å². The quantitative estimate of drug-likeness (QED) is 0.300. The second-order valence-corrected chi connectivity index (χ2v) is 13.2. The summed E-state index contributed by atoms with van der Waals surface area (Å²) in [5.74, 6) is 0.203. The van der Waals surface area contributed by atoms with Crippen LogP contribution in [0.15, 0.2) is 29.2 Å². The number of esters is 1. The first-order chi connectivity index (χ1) is 17.1. The molecule has 8 heteroatoms. The van der Waals surface area contributed by atoms with Crippen LogP contribution in [-0.4, -0.2) is 30.1 Å². The van der Waals surface area contributed by atoms with Crippen LogP contribution < -0.4 is 10.6 Å². The van der Waals surface area contributed by atoms with Crippen molar-refractivity contribution < 1.29 is 19.1 Å². The zero-order valence-corrected chi connectivity index (χ0v) is 23.4. The van der Waals surface area contributed by atoms with E-state index in [-0.39, 0.29) is 28.4 Å². The van der Waals surface area contributed by atoms with E-state index in [0.29, 0.717) is 22.9 Å². The van der Waals surface area contributed by atoms with Gasteiger partial charge in [-0.15, -0.1) is 23.1 Å². The Labute approximate surface area is 222 Å². The van der Waals surface area contributed by atoms with Gasteiger partial charge in [-0.05, 0) is 73.6 Å². The minimum atomic E-state index is -0.392. The fourth-order valence-electron chi connectivity index (χ4n) is 4.65. The number of hydrogen-bond donors (Lipinski definition) is 2. The van der Waals surface area contributed by atoms with E-state index in [2.05, 4.69) is 31.4 Å². The predicted octanol–water partition coefficient (Wildman–Crippen LogP) is 6.54. The number of methoxy groups -OCH3 is 1. The maximum Gasteiger partial charge on any atom is 0.341 e. The van der Waals surface area contributed by atoms with Crippen LogP contribution in [0, 0.1) is 17.3 Å². The Balaban J connectivity index is 1.50. The van der Waals surface area contributed by atoms with Gasteiger partial charge in [-0.3, -0.25) is 9.59 Å². The van der Waals surface area contributed by atoms with Gasteiger partial charge >= 0.3 is 5.97 Å². The van der Waals surface area contributed by atoms with Crippen molar-refractivity contribution in [3.05, 3.63) is 40.3 Å². The molecule has 194 valence electrons. The zero-order chi connectivity index (χ0) is 26.0. The van der Waals surface area contributed by atoms with Crippen LogP contribution in [0.2, 0.25) is 0 Å². The van der Waals surface area contributed by atoms with Crippen LogP contribution >= 0.6 is 23.1 Å². The van der Waals surface area contributed by atoms with Crippen molar-refractivity contribution in [3.63, 3.8) is 0 Å². The van der Waals surface area contributed by atoms with Gasteiger partial charge in [-0.2, -0.15) is 0 Å². The van der Waals surface area contributed by atoms with E-state index < -0.39 is 5.97 Å². The van der Waals surface area contributed by atoms with Gasteiger partial charge in [0.1, 0.15) is 5.00 Å². The van der Waals surface area contributed by atoms with E-state index in [1.54, 1.807) is 0 Å². The van der Waals surface area contributed by atoms with Gasteiger partial charge in [-0.25, -0.2) is 4.79 Å². The Morgan fingerprint density at radius 2 is 1.92 bits per heavy atom. The Hall–Kier alpha value is -2.32. The molecule has 0 bridgehead atoms. The van der Waals surface area contributed by atoms with Gasteiger partial charge in [0.05, 0.1) is 17.9 Å². The van der Waals surface area contributed by atoms with Crippen molar-refractivity contribution in [1.29, 1.82) is 0 Å². The predicted molar refractivity (Wildman–Crippen MR) is 147 cm³/mol. The highest BCUT2D eigenvalue weighted by Gasteiger charge is 2.35. The number of carbonyl (C=O) groups excluding carboxylic acids is 3. The summed E-state index contributed by atoms with van der Waals surface area (Å²) in [6.07, 6.45) is 5.28. The lowest BCUT2D eigenvalue weighted by molar-refractivity contribution is -0.117. The molecule has 4 rings (SSSR count). The summed E-state index contributed by atoms with van der Waals surface area (Å²) < 4.78 is 5.10. The molecule has 0 saturated heterocycles. The van der Waals surface area contributed by atoms with E-state index in [1.807, 2.05) is 31.2 Å². The third-order valence-corrected chi connectivity index (χ3v) is 9.64. The Kier molecular flexibility index (Phi) is 8.15. The molecule has 1 aromatic heterocycles. The normalized spacial score (nSPS) is 18.2. The molecule has 1 aromatic carbocycles. The number of thioether (sulfide) groups is 1. The molecule has 0 spiro atoms. The molecule has 2 amide bonds. The molecular weight excluding hydrogens is 492 g/mol. The first kappa shape index (κ1) is 26.7. The fraction of sp³-hybridized carbons (Fsp3) is 0.536. The molecule has 2 unspecified atom stereocenters. The second kappa shape index (κ2) is 11.0. The summed E-state index contributed by atoms with van der Waals surface area (Å²) in [5, 5.41) is 6.29. The highest BCUT2D eigenvalue weighted by Crippen LogP contribution is 2.44. The molecule has 0 aliphatic heterocycles. The fourth-order valence-corrected chi connectivity index (χ4v) is 6.98. The molecule has 1 saturated carbocycles. The Bertz CT molecular complexity index is 1150. The summed E-state index contributed by atoms with van der Waals surface area (Å²) >= 11 is 2.98. The molecule has 36 heavy (non-hydrogen) atoms. The maximum absolute atomic E-state index is 13.4. The van der Waals surface area contributed by atoms with E-state index in [4.69, 9.17) is 4.74 Å². The number of nitrogens with one attached hydrogen (secondary N) is 2.